The van der Waals surface area contributed by atoms with Gasteiger partial charge in [-0.05, 0) is 66.6 Å². The number of nitrogens with zero attached hydrogens (tertiary/aromatic N) is 3. The van der Waals surface area contributed by atoms with Crippen LogP contribution in [-0.4, -0.2) is 21.0 Å². The van der Waals surface area contributed by atoms with E-state index in [-0.39, 0.29) is 5.92 Å². The molecule has 2 atom stereocenters. The van der Waals surface area contributed by atoms with E-state index in [4.69, 9.17) is 16.3 Å². The van der Waals surface area contributed by atoms with Gasteiger partial charge in [-0.1, -0.05) is 63.6 Å². The zero-order valence-electron chi connectivity index (χ0n) is 19.4. The summed E-state index contributed by atoms with van der Waals surface area (Å²) in [6.45, 7) is 8.64. The number of carbonyl (C=O) groups excluding carboxylic acids is 1. The number of hydrogen-bond acceptors (Lipinski definition) is 4. The fraction of sp³-hybridized carbons (Fsp3) is 0.296. The largest absolute Gasteiger partial charge is 0.420 e. The summed E-state index contributed by atoms with van der Waals surface area (Å²) in [5.41, 5.74) is 4.70. The van der Waals surface area contributed by atoms with Gasteiger partial charge in [-0.25, -0.2) is 4.79 Å². The first-order valence-electron chi connectivity index (χ1n) is 11.4. The summed E-state index contributed by atoms with van der Waals surface area (Å²) >= 11 is 6.17. The molecule has 0 fully saturated rings. The molecule has 0 aliphatic rings. The highest BCUT2D eigenvalue weighted by Gasteiger charge is 2.24. The Morgan fingerprint density at radius 2 is 1.64 bits per heavy atom. The minimum atomic E-state index is -0.405. The zero-order valence-corrected chi connectivity index (χ0v) is 20.1. The Balaban J connectivity index is 1.93. The van der Waals surface area contributed by atoms with Gasteiger partial charge in [-0.15, -0.1) is 15.0 Å². The fourth-order valence-electron chi connectivity index (χ4n) is 3.75. The second-order valence-corrected chi connectivity index (χ2v) is 8.89. The molecular weight excluding hydrogens is 434 g/mol. The van der Waals surface area contributed by atoms with Crippen LogP contribution in [0.5, 0.6) is 5.75 Å². The highest BCUT2D eigenvalue weighted by atomic mass is 35.5. The maximum atomic E-state index is 13.1. The Morgan fingerprint density at radius 3 is 2.33 bits per heavy atom. The maximum absolute atomic E-state index is 13.1. The molecule has 4 aromatic rings. The average molecular weight is 462 g/mol. The van der Waals surface area contributed by atoms with Crippen molar-refractivity contribution in [1.29, 1.82) is 0 Å². The Labute approximate surface area is 199 Å². The van der Waals surface area contributed by atoms with Crippen molar-refractivity contribution in [3.8, 4) is 11.4 Å². The average Bonchev–Trinajstić information content (AvgIpc) is 3.26. The molecule has 6 heteroatoms. The lowest BCUT2D eigenvalue weighted by Gasteiger charge is -2.21. The molecule has 3 aromatic carbocycles. The van der Waals surface area contributed by atoms with E-state index in [1.165, 1.54) is 5.56 Å². The van der Waals surface area contributed by atoms with Crippen LogP contribution < -0.4 is 4.74 Å². The second-order valence-electron chi connectivity index (χ2n) is 8.45. The van der Waals surface area contributed by atoms with Crippen LogP contribution in [0.1, 0.15) is 73.9 Å². The monoisotopic (exact) mass is 461 g/mol. The predicted molar refractivity (Wildman–Crippen MR) is 133 cm³/mol. The quantitative estimate of drug-likeness (QED) is 0.213. The first kappa shape index (κ1) is 23.0. The first-order valence-corrected chi connectivity index (χ1v) is 11.8. The van der Waals surface area contributed by atoms with Gasteiger partial charge in [0.1, 0.15) is 16.7 Å². The van der Waals surface area contributed by atoms with Crippen molar-refractivity contribution in [3.63, 3.8) is 0 Å². The molecule has 170 valence electrons. The molecule has 1 aromatic heterocycles. The van der Waals surface area contributed by atoms with Crippen LogP contribution in [0, 0.1) is 0 Å². The highest BCUT2D eigenvalue weighted by Crippen LogP contribution is 2.38. The van der Waals surface area contributed by atoms with Crippen LogP contribution in [0.4, 0.5) is 0 Å². The third kappa shape index (κ3) is 4.79. The summed E-state index contributed by atoms with van der Waals surface area (Å²) in [6, 6.07) is 18.6. The smallest absolute Gasteiger partial charge is 0.343 e. The molecule has 0 saturated carbocycles. The number of aromatic nitrogens is 3. The number of esters is 1. The molecule has 1 heterocycles. The van der Waals surface area contributed by atoms with Crippen molar-refractivity contribution in [2.24, 2.45) is 0 Å². The van der Waals surface area contributed by atoms with Crippen molar-refractivity contribution in [1.82, 2.24) is 15.0 Å². The van der Waals surface area contributed by atoms with Gasteiger partial charge >= 0.3 is 5.97 Å². The van der Waals surface area contributed by atoms with Gasteiger partial charge in [0.15, 0.2) is 5.75 Å². The molecule has 0 amide bonds. The lowest BCUT2D eigenvalue weighted by Crippen LogP contribution is -2.15. The van der Waals surface area contributed by atoms with Gasteiger partial charge in [-0.3, -0.25) is 0 Å². The molecule has 0 saturated heterocycles. The molecule has 2 unspecified atom stereocenters. The van der Waals surface area contributed by atoms with Crippen molar-refractivity contribution in [2.75, 3.05) is 0 Å². The molecule has 0 aliphatic carbocycles. The van der Waals surface area contributed by atoms with Crippen molar-refractivity contribution in [2.45, 2.75) is 52.4 Å². The van der Waals surface area contributed by atoms with Gasteiger partial charge in [-0.2, -0.15) is 0 Å². The van der Waals surface area contributed by atoms with E-state index in [0.29, 0.717) is 33.5 Å². The van der Waals surface area contributed by atoms with E-state index >= 15 is 0 Å². The number of benzene rings is 3. The van der Waals surface area contributed by atoms with E-state index in [1.807, 2.05) is 30.3 Å². The standard InChI is InChI=1S/C27H28ClN3O2/c1-5-17(3)20-14-22(18(4)6-2)26(33-27(32)19-10-8-7-9-11-19)25(15-20)31-29-23-13-12-21(28)16-24(23)30-31/h7-18H,5-6H2,1-4H3. The summed E-state index contributed by atoms with van der Waals surface area (Å²) in [5.74, 6) is 0.615. The van der Waals surface area contributed by atoms with Gasteiger partial charge in [0.05, 0.1) is 5.56 Å². The van der Waals surface area contributed by atoms with Crippen LogP contribution in [0.25, 0.3) is 16.7 Å². The van der Waals surface area contributed by atoms with E-state index < -0.39 is 5.97 Å². The minimum absolute atomic E-state index is 0.186. The number of fused-ring (bicyclic) bond motifs is 1. The van der Waals surface area contributed by atoms with E-state index in [9.17, 15) is 4.79 Å². The first-order chi connectivity index (χ1) is 15.9. The van der Waals surface area contributed by atoms with Gasteiger partial charge in [0.25, 0.3) is 0 Å². The lowest BCUT2D eigenvalue weighted by molar-refractivity contribution is 0.0732. The van der Waals surface area contributed by atoms with E-state index in [1.54, 1.807) is 29.1 Å². The van der Waals surface area contributed by atoms with Crippen LogP contribution in [0.3, 0.4) is 0 Å². The number of rotatable bonds is 7. The molecule has 0 radical (unpaired) electrons. The number of halogens is 1. The molecule has 4 rings (SSSR count). The minimum Gasteiger partial charge on any atom is -0.420 e. The number of ether oxygens (including phenoxy) is 1. The third-order valence-electron chi connectivity index (χ3n) is 6.21. The Bertz CT molecular complexity index is 1280. The summed E-state index contributed by atoms with van der Waals surface area (Å²) in [5, 5.41) is 9.94. The molecule has 33 heavy (non-hydrogen) atoms. The molecular formula is C27H28ClN3O2. The van der Waals surface area contributed by atoms with E-state index in [2.05, 4.69) is 44.0 Å². The zero-order chi connectivity index (χ0) is 23.5. The normalized spacial score (nSPS) is 13.1. The Hall–Kier alpha value is -3.18. The summed E-state index contributed by atoms with van der Waals surface area (Å²) in [7, 11) is 0. The molecule has 0 spiro atoms. The molecule has 0 bridgehead atoms. The Morgan fingerprint density at radius 1 is 0.939 bits per heavy atom. The van der Waals surface area contributed by atoms with Crippen molar-refractivity contribution in [3.05, 3.63) is 82.4 Å². The maximum Gasteiger partial charge on any atom is 0.343 e. The lowest BCUT2D eigenvalue weighted by atomic mass is 9.90. The van der Waals surface area contributed by atoms with Crippen LogP contribution >= 0.6 is 11.6 Å². The van der Waals surface area contributed by atoms with Crippen LogP contribution in [0.2, 0.25) is 5.02 Å². The second kappa shape index (κ2) is 9.75. The van der Waals surface area contributed by atoms with Crippen LogP contribution in [-0.2, 0) is 0 Å². The predicted octanol–water partition coefficient (Wildman–Crippen LogP) is 7.32. The highest BCUT2D eigenvalue weighted by molar-refractivity contribution is 6.31. The summed E-state index contributed by atoms with van der Waals surface area (Å²) in [6.07, 6.45) is 1.90. The van der Waals surface area contributed by atoms with Crippen molar-refractivity contribution >= 4 is 28.6 Å². The van der Waals surface area contributed by atoms with Gasteiger partial charge in [0, 0.05) is 10.6 Å². The molecule has 0 aliphatic heterocycles. The summed E-state index contributed by atoms with van der Waals surface area (Å²) in [4.78, 5) is 14.6. The van der Waals surface area contributed by atoms with Gasteiger partial charge < -0.3 is 4.74 Å². The van der Waals surface area contributed by atoms with Gasteiger partial charge in [0.2, 0.25) is 0 Å². The Kier molecular flexibility index (Phi) is 6.80. The number of carbonyl (C=O) groups is 1. The van der Waals surface area contributed by atoms with E-state index in [0.717, 1.165) is 23.9 Å². The number of hydrogen-bond donors (Lipinski definition) is 0. The third-order valence-corrected chi connectivity index (χ3v) is 6.44. The van der Waals surface area contributed by atoms with Crippen LogP contribution in [0.15, 0.2) is 60.7 Å². The topological polar surface area (TPSA) is 57.0 Å². The SMILES string of the molecule is CCC(C)c1cc(C(C)CC)c(OC(=O)c2ccccc2)c(-n2nc3ccc(Cl)cc3n2)c1. The molecule has 0 N–H and O–H groups in total. The fourth-order valence-corrected chi connectivity index (χ4v) is 3.91. The summed E-state index contributed by atoms with van der Waals surface area (Å²) < 4.78 is 6.06. The van der Waals surface area contributed by atoms with Crippen molar-refractivity contribution < 1.29 is 9.53 Å². The molecule has 5 nitrogen and oxygen atoms in total.